The zero-order valence-electron chi connectivity index (χ0n) is 7.97. The second kappa shape index (κ2) is 4.22. The highest BCUT2D eigenvalue weighted by Crippen LogP contribution is 2.13. The predicted molar refractivity (Wildman–Crippen MR) is 57.2 cm³/mol. The van der Waals surface area contributed by atoms with Crippen molar-refractivity contribution >= 4 is 11.3 Å². The SMILES string of the molecule is Cc1csc(CN[C@H]2CCNC2)c1. The molecule has 0 radical (unpaired) electrons. The third kappa shape index (κ3) is 2.53. The Balaban J connectivity index is 1.78. The van der Waals surface area contributed by atoms with E-state index in [9.17, 15) is 0 Å². The molecule has 1 aromatic rings. The van der Waals surface area contributed by atoms with Gasteiger partial charge >= 0.3 is 0 Å². The largest absolute Gasteiger partial charge is 0.315 e. The third-order valence-corrected chi connectivity index (χ3v) is 3.46. The number of hydrogen-bond acceptors (Lipinski definition) is 3. The summed E-state index contributed by atoms with van der Waals surface area (Å²) in [6, 6.07) is 2.95. The van der Waals surface area contributed by atoms with E-state index in [1.165, 1.54) is 23.4 Å². The minimum atomic E-state index is 0.683. The van der Waals surface area contributed by atoms with Crippen molar-refractivity contribution in [3.05, 3.63) is 21.9 Å². The standard InChI is InChI=1S/C10H16N2S/c1-8-4-10(13-7-8)6-12-9-2-3-11-5-9/h4,7,9,11-12H,2-3,5-6H2,1H3/t9-/m0/s1. The molecule has 1 fully saturated rings. The van der Waals surface area contributed by atoms with E-state index in [2.05, 4.69) is 29.0 Å². The Hall–Kier alpha value is -0.380. The lowest BCUT2D eigenvalue weighted by molar-refractivity contribution is 0.550. The molecule has 1 aliphatic rings. The molecule has 1 aliphatic heterocycles. The number of thiophene rings is 1. The molecule has 2 heterocycles. The lowest BCUT2D eigenvalue weighted by Gasteiger charge is -2.09. The minimum absolute atomic E-state index is 0.683. The summed E-state index contributed by atoms with van der Waals surface area (Å²) in [5.41, 5.74) is 1.38. The fraction of sp³-hybridized carbons (Fsp3) is 0.600. The molecular weight excluding hydrogens is 180 g/mol. The molecule has 0 unspecified atom stereocenters. The third-order valence-electron chi connectivity index (χ3n) is 2.41. The van der Waals surface area contributed by atoms with Crippen molar-refractivity contribution in [1.82, 2.24) is 10.6 Å². The summed E-state index contributed by atoms with van der Waals surface area (Å²) >= 11 is 1.85. The monoisotopic (exact) mass is 196 g/mol. The van der Waals surface area contributed by atoms with Gasteiger partial charge in [0.05, 0.1) is 0 Å². The zero-order chi connectivity index (χ0) is 9.10. The maximum absolute atomic E-state index is 3.56. The van der Waals surface area contributed by atoms with Crippen molar-refractivity contribution in [1.29, 1.82) is 0 Å². The Morgan fingerprint density at radius 1 is 1.69 bits per heavy atom. The molecule has 0 amide bonds. The Morgan fingerprint density at radius 3 is 3.23 bits per heavy atom. The maximum Gasteiger partial charge on any atom is 0.0302 e. The van der Waals surface area contributed by atoms with Gasteiger partial charge in [0.15, 0.2) is 0 Å². The number of hydrogen-bond donors (Lipinski definition) is 2. The second-order valence-electron chi connectivity index (χ2n) is 3.66. The van der Waals surface area contributed by atoms with Crippen LogP contribution in [0.4, 0.5) is 0 Å². The van der Waals surface area contributed by atoms with Crippen LogP contribution in [0.3, 0.4) is 0 Å². The molecule has 0 aliphatic carbocycles. The number of rotatable bonds is 3. The molecule has 2 nitrogen and oxygen atoms in total. The van der Waals surface area contributed by atoms with Gasteiger partial charge in [0.2, 0.25) is 0 Å². The highest BCUT2D eigenvalue weighted by molar-refractivity contribution is 7.10. The van der Waals surface area contributed by atoms with Gasteiger partial charge in [-0.2, -0.15) is 0 Å². The van der Waals surface area contributed by atoms with Crippen molar-refractivity contribution in [2.24, 2.45) is 0 Å². The van der Waals surface area contributed by atoms with Crippen LogP contribution in [-0.2, 0) is 6.54 Å². The van der Waals surface area contributed by atoms with E-state index < -0.39 is 0 Å². The van der Waals surface area contributed by atoms with Crippen molar-refractivity contribution in [3.8, 4) is 0 Å². The zero-order valence-corrected chi connectivity index (χ0v) is 8.79. The van der Waals surface area contributed by atoms with Crippen LogP contribution < -0.4 is 10.6 Å². The summed E-state index contributed by atoms with van der Waals surface area (Å²) in [7, 11) is 0. The average molecular weight is 196 g/mol. The van der Waals surface area contributed by atoms with Crippen LogP contribution in [0.2, 0.25) is 0 Å². The van der Waals surface area contributed by atoms with Crippen LogP contribution in [0.1, 0.15) is 16.9 Å². The highest BCUT2D eigenvalue weighted by Gasteiger charge is 2.13. The van der Waals surface area contributed by atoms with Gasteiger partial charge < -0.3 is 10.6 Å². The van der Waals surface area contributed by atoms with Gasteiger partial charge in [-0.1, -0.05) is 0 Å². The van der Waals surface area contributed by atoms with Crippen LogP contribution in [0, 0.1) is 6.92 Å². The minimum Gasteiger partial charge on any atom is -0.315 e. The van der Waals surface area contributed by atoms with Gasteiger partial charge in [0.1, 0.15) is 0 Å². The van der Waals surface area contributed by atoms with Gasteiger partial charge in [0, 0.05) is 24.0 Å². The highest BCUT2D eigenvalue weighted by atomic mass is 32.1. The second-order valence-corrected chi connectivity index (χ2v) is 4.66. The lowest BCUT2D eigenvalue weighted by Crippen LogP contribution is -2.30. The lowest BCUT2D eigenvalue weighted by atomic mass is 10.2. The van der Waals surface area contributed by atoms with E-state index in [-0.39, 0.29) is 0 Å². The van der Waals surface area contributed by atoms with E-state index in [0.29, 0.717) is 6.04 Å². The summed E-state index contributed by atoms with van der Waals surface area (Å²) < 4.78 is 0. The molecule has 2 N–H and O–H groups in total. The average Bonchev–Trinajstić information content (AvgIpc) is 2.71. The summed E-state index contributed by atoms with van der Waals surface area (Å²) in [6.07, 6.45) is 1.27. The molecule has 0 bridgehead atoms. The van der Waals surface area contributed by atoms with Crippen molar-refractivity contribution in [3.63, 3.8) is 0 Å². The van der Waals surface area contributed by atoms with Crippen molar-refractivity contribution in [2.45, 2.75) is 25.9 Å². The number of nitrogens with one attached hydrogen (secondary N) is 2. The first-order valence-corrected chi connectivity index (χ1v) is 5.70. The van der Waals surface area contributed by atoms with Gasteiger partial charge in [-0.3, -0.25) is 0 Å². The van der Waals surface area contributed by atoms with E-state index >= 15 is 0 Å². The topological polar surface area (TPSA) is 24.1 Å². The van der Waals surface area contributed by atoms with E-state index in [1.54, 1.807) is 0 Å². The predicted octanol–water partition coefficient (Wildman–Crippen LogP) is 1.51. The molecule has 0 aromatic carbocycles. The molecule has 2 rings (SSSR count). The van der Waals surface area contributed by atoms with E-state index in [0.717, 1.165) is 13.1 Å². The fourth-order valence-electron chi connectivity index (χ4n) is 1.66. The summed E-state index contributed by atoms with van der Waals surface area (Å²) in [5, 5.41) is 9.13. The fourth-order valence-corrected chi connectivity index (χ4v) is 2.48. The van der Waals surface area contributed by atoms with Crippen LogP contribution in [0.5, 0.6) is 0 Å². The van der Waals surface area contributed by atoms with E-state index in [1.807, 2.05) is 11.3 Å². The smallest absolute Gasteiger partial charge is 0.0302 e. The quantitative estimate of drug-likeness (QED) is 0.765. The van der Waals surface area contributed by atoms with Crippen LogP contribution in [-0.4, -0.2) is 19.1 Å². The molecule has 0 saturated carbocycles. The molecule has 3 heteroatoms. The van der Waals surface area contributed by atoms with Crippen LogP contribution in [0.15, 0.2) is 11.4 Å². The van der Waals surface area contributed by atoms with Crippen molar-refractivity contribution in [2.75, 3.05) is 13.1 Å². The molecule has 1 saturated heterocycles. The van der Waals surface area contributed by atoms with Gasteiger partial charge in [-0.25, -0.2) is 0 Å². The Labute approximate surface area is 83.4 Å². The Morgan fingerprint density at radius 2 is 2.62 bits per heavy atom. The van der Waals surface area contributed by atoms with E-state index in [4.69, 9.17) is 0 Å². The first-order valence-electron chi connectivity index (χ1n) is 4.83. The van der Waals surface area contributed by atoms with Gasteiger partial charge in [0.25, 0.3) is 0 Å². The van der Waals surface area contributed by atoms with Gasteiger partial charge in [-0.05, 0) is 36.9 Å². The Kier molecular flexibility index (Phi) is 2.98. The molecular formula is C10H16N2S. The van der Waals surface area contributed by atoms with Crippen LogP contribution in [0.25, 0.3) is 0 Å². The summed E-state index contributed by atoms with van der Waals surface area (Å²) in [5.74, 6) is 0. The summed E-state index contributed by atoms with van der Waals surface area (Å²) in [4.78, 5) is 1.45. The molecule has 72 valence electrons. The summed E-state index contributed by atoms with van der Waals surface area (Å²) in [6.45, 7) is 5.48. The van der Waals surface area contributed by atoms with Crippen LogP contribution >= 0.6 is 11.3 Å². The first kappa shape index (κ1) is 9.19. The molecule has 1 aromatic heterocycles. The van der Waals surface area contributed by atoms with Crippen molar-refractivity contribution < 1.29 is 0 Å². The normalized spacial score (nSPS) is 22.4. The maximum atomic E-state index is 3.56. The molecule has 1 atom stereocenters. The molecule has 13 heavy (non-hydrogen) atoms. The number of aryl methyl sites for hydroxylation is 1. The Bertz CT molecular complexity index is 264. The first-order chi connectivity index (χ1) is 6.34. The van der Waals surface area contributed by atoms with Gasteiger partial charge in [-0.15, -0.1) is 11.3 Å². The molecule has 0 spiro atoms.